The van der Waals surface area contributed by atoms with E-state index in [4.69, 9.17) is 11.6 Å². The van der Waals surface area contributed by atoms with Crippen molar-refractivity contribution in [1.82, 2.24) is 9.80 Å². The summed E-state index contributed by atoms with van der Waals surface area (Å²) in [6.45, 7) is 7.19. The third kappa shape index (κ3) is 3.41. The minimum Gasteiger partial charge on any atom is -0.384 e. The lowest BCUT2D eigenvalue weighted by Gasteiger charge is -2.37. The summed E-state index contributed by atoms with van der Waals surface area (Å²) in [5.74, 6) is 0. The lowest BCUT2D eigenvalue weighted by Crippen LogP contribution is -2.51. The molecule has 19 heavy (non-hydrogen) atoms. The molecule has 1 atom stereocenters. The molecule has 1 aromatic carbocycles. The Hall–Kier alpha value is -0.770. The Bertz CT molecular complexity index is 406. The second-order valence-corrected chi connectivity index (χ2v) is 6.00. The first-order valence-electron chi connectivity index (χ1n) is 7.27. The van der Waals surface area contributed by atoms with E-state index in [1.54, 1.807) is 0 Å². The number of piperazine rings is 1. The second-order valence-electron chi connectivity index (χ2n) is 5.57. The van der Waals surface area contributed by atoms with Gasteiger partial charge in [-0.15, -0.1) is 0 Å². The van der Waals surface area contributed by atoms with Gasteiger partial charge in [0.15, 0.2) is 0 Å². The molecule has 1 aromatic rings. The Balaban J connectivity index is 1.41. The lowest BCUT2D eigenvalue weighted by atomic mass is 10.1. The molecule has 2 aliphatic rings. The number of anilines is 1. The fourth-order valence-corrected chi connectivity index (χ4v) is 3.31. The van der Waals surface area contributed by atoms with Gasteiger partial charge in [0, 0.05) is 49.5 Å². The van der Waals surface area contributed by atoms with Gasteiger partial charge in [-0.2, -0.15) is 0 Å². The largest absolute Gasteiger partial charge is 0.384 e. The van der Waals surface area contributed by atoms with E-state index in [-0.39, 0.29) is 0 Å². The molecule has 2 aliphatic heterocycles. The summed E-state index contributed by atoms with van der Waals surface area (Å²) in [6, 6.07) is 8.76. The van der Waals surface area contributed by atoms with E-state index in [2.05, 4.69) is 15.1 Å². The van der Waals surface area contributed by atoms with Crippen molar-refractivity contribution < 1.29 is 0 Å². The van der Waals surface area contributed by atoms with Crippen molar-refractivity contribution in [2.24, 2.45) is 0 Å². The molecule has 0 aromatic heterocycles. The molecule has 0 saturated carbocycles. The summed E-state index contributed by atoms with van der Waals surface area (Å²) in [7, 11) is 0. The summed E-state index contributed by atoms with van der Waals surface area (Å²) < 4.78 is 0. The molecule has 1 unspecified atom stereocenters. The standard InChI is InChI=1S/C15H22ClN3/c16-13-3-5-14(6-4-13)17-7-9-18-10-11-19-8-1-2-15(19)12-18/h3-6,15,17H,1-2,7-12H2. The van der Waals surface area contributed by atoms with Crippen LogP contribution in [0.5, 0.6) is 0 Å². The summed E-state index contributed by atoms with van der Waals surface area (Å²) in [4.78, 5) is 5.25. The second kappa shape index (κ2) is 6.12. The van der Waals surface area contributed by atoms with Gasteiger partial charge in [-0.05, 0) is 43.7 Å². The van der Waals surface area contributed by atoms with Gasteiger partial charge in [-0.1, -0.05) is 11.6 Å². The van der Waals surface area contributed by atoms with Gasteiger partial charge in [0.25, 0.3) is 0 Å². The van der Waals surface area contributed by atoms with E-state index in [0.717, 1.165) is 29.8 Å². The fraction of sp³-hybridized carbons (Fsp3) is 0.600. The Kier molecular flexibility index (Phi) is 4.26. The van der Waals surface area contributed by atoms with Crippen molar-refractivity contribution in [3.63, 3.8) is 0 Å². The highest BCUT2D eigenvalue weighted by Gasteiger charge is 2.29. The molecule has 3 rings (SSSR count). The van der Waals surface area contributed by atoms with Crippen LogP contribution in [0.2, 0.25) is 5.02 Å². The van der Waals surface area contributed by atoms with E-state index >= 15 is 0 Å². The van der Waals surface area contributed by atoms with Crippen LogP contribution in [-0.4, -0.2) is 55.1 Å². The minimum atomic E-state index is 0.794. The molecule has 1 N–H and O–H groups in total. The van der Waals surface area contributed by atoms with Crippen LogP contribution in [0.25, 0.3) is 0 Å². The van der Waals surface area contributed by atoms with E-state index in [1.807, 2.05) is 24.3 Å². The third-order valence-corrected chi connectivity index (χ3v) is 4.52. The molecular formula is C15H22ClN3. The first-order valence-corrected chi connectivity index (χ1v) is 7.65. The molecular weight excluding hydrogens is 258 g/mol. The van der Waals surface area contributed by atoms with E-state index in [0.29, 0.717) is 0 Å². The minimum absolute atomic E-state index is 0.794. The van der Waals surface area contributed by atoms with Crippen molar-refractivity contribution in [1.29, 1.82) is 0 Å². The SMILES string of the molecule is Clc1ccc(NCCN2CCN3CCCC3C2)cc1. The van der Waals surface area contributed by atoms with Crippen LogP contribution in [0, 0.1) is 0 Å². The van der Waals surface area contributed by atoms with E-state index in [9.17, 15) is 0 Å². The highest BCUT2D eigenvalue weighted by atomic mass is 35.5. The maximum atomic E-state index is 5.88. The van der Waals surface area contributed by atoms with Crippen molar-refractivity contribution in [3.8, 4) is 0 Å². The molecule has 0 aliphatic carbocycles. The number of fused-ring (bicyclic) bond motifs is 1. The van der Waals surface area contributed by atoms with Crippen LogP contribution in [0.3, 0.4) is 0 Å². The number of nitrogens with one attached hydrogen (secondary N) is 1. The molecule has 0 amide bonds. The number of nitrogens with zero attached hydrogens (tertiary/aromatic N) is 2. The highest BCUT2D eigenvalue weighted by molar-refractivity contribution is 6.30. The van der Waals surface area contributed by atoms with Crippen molar-refractivity contribution in [3.05, 3.63) is 29.3 Å². The molecule has 0 spiro atoms. The lowest BCUT2D eigenvalue weighted by molar-refractivity contribution is 0.108. The highest BCUT2D eigenvalue weighted by Crippen LogP contribution is 2.21. The number of hydrogen-bond donors (Lipinski definition) is 1. The van der Waals surface area contributed by atoms with Gasteiger partial charge < -0.3 is 5.32 Å². The average molecular weight is 280 g/mol. The summed E-state index contributed by atoms with van der Waals surface area (Å²) in [5, 5.41) is 4.26. The van der Waals surface area contributed by atoms with Crippen LogP contribution in [0.4, 0.5) is 5.69 Å². The molecule has 104 valence electrons. The fourth-order valence-electron chi connectivity index (χ4n) is 3.18. The van der Waals surface area contributed by atoms with Crippen LogP contribution >= 0.6 is 11.6 Å². The average Bonchev–Trinajstić information content (AvgIpc) is 2.88. The Morgan fingerprint density at radius 2 is 2.00 bits per heavy atom. The van der Waals surface area contributed by atoms with Crippen molar-refractivity contribution >= 4 is 17.3 Å². The summed E-state index contributed by atoms with van der Waals surface area (Å²) in [6.07, 6.45) is 2.78. The number of benzene rings is 1. The quantitative estimate of drug-likeness (QED) is 0.914. The Morgan fingerprint density at radius 1 is 1.16 bits per heavy atom. The smallest absolute Gasteiger partial charge is 0.0407 e. The molecule has 2 heterocycles. The molecule has 0 radical (unpaired) electrons. The Morgan fingerprint density at radius 3 is 2.84 bits per heavy atom. The topological polar surface area (TPSA) is 18.5 Å². The van der Waals surface area contributed by atoms with Crippen LogP contribution in [0.1, 0.15) is 12.8 Å². The van der Waals surface area contributed by atoms with Crippen molar-refractivity contribution in [2.45, 2.75) is 18.9 Å². The van der Waals surface area contributed by atoms with Crippen LogP contribution < -0.4 is 5.32 Å². The number of hydrogen-bond acceptors (Lipinski definition) is 3. The van der Waals surface area contributed by atoms with Crippen LogP contribution in [-0.2, 0) is 0 Å². The molecule has 3 nitrogen and oxygen atoms in total. The summed E-state index contributed by atoms with van der Waals surface area (Å²) >= 11 is 5.88. The first kappa shape index (κ1) is 13.2. The van der Waals surface area contributed by atoms with Crippen molar-refractivity contribution in [2.75, 3.05) is 44.6 Å². The maximum absolute atomic E-state index is 5.88. The predicted molar refractivity (Wildman–Crippen MR) is 81.0 cm³/mol. The number of halogens is 1. The van der Waals surface area contributed by atoms with E-state index in [1.165, 1.54) is 39.0 Å². The summed E-state index contributed by atoms with van der Waals surface area (Å²) in [5.41, 5.74) is 1.16. The van der Waals surface area contributed by atoms with Gasteiger partial charge in [-0.3, -0.25) is 9.80 Å². The Labute approximate surface area is 120 Å². The normalized spacial score (nSPS) is 24.4. The monoisotopic (exact) mass is 279 g/mol. The van der Waals surface area contributed by atoms with E-state index < -0.39 is 0 Å². The zero-order valence-electron chi connectivity index (χ0n) is 11.3. The number of rotatable bonds is 4. The van der Waals surface area contributed by atoms with Gasteiger partial charge in [-0.25, -0.2) is 0 Å². The van der Waals surface area contributed by atoms with Gasteiger partial charge in [0.05, 0.1) is 0 Å². The zero-order valence-corrected chi connectivity index (χ0v) is 12.1. The van der Waals surface area contributed by atoms with Gasteiger partial charge in [0.2, 0.25) is 0 Å². The van der Waals surface area contributed by atoms with Gasteiger partial charge in [0.1, 0.15) is 0 Å². The third-order valence-electron chi connectivity index (χ3n) is 4.27. The van der Waals surface area contributed by atoms with Crippen LogP contribution in [0.15, 0.2) is 24.3 Å². The molecule has 2 saturated heterocycles. The molecule has 2 fully saturated rings. The maximum Gasteiger partial charge on any atom is 0.0407 e. The zero-order chi connectivity index (χ0) is 13.1. The predicted octanol–water partition coefficient (Wildman–Crippen LogP) is 2.53. The van der Waals surface area contributed by atoms with Gasteiger partial charge >= 0.3 is 0 Å². The molecule has 0 bridgehead atoms. The first-order chi connectivity index (χ1) is 9.31. The molecule has 4 heteroatoms.